The van der Waals surface area contributed by atoms with Gasteiger partial charge in [-0.25, -0.2) is 0 Å². The number of aliphatic hydroxyl groups is 1. The Kier molecular flexibility index (Phi) is 3.82. The first-order valence-electron chi connectivity index (χ1n) is 5.94. The Morgan fingerprint density at radius 3 is 2.47 bits per heavy atom. The molecule has 1 amide bonds. The predicted octanol–water partition coefficient (Wildman–Crippen LogP) is 2.70. The van der Waals surface area contributed by atoms with Gasteiger partial charge in [-0.1, -0.05) is 12.1 Å². The molecule has 0 bridgehead atoms. The molecular formula is C15H15NO3. The molecule has 0 radical (unpaired) electrons. The van der Waals surface area contributed by atoms with Gasteiger partial charge in [0.05, 0.1) is 6.10 Å². The molecule has 2 rings (SSSR count). The number of carbonyl (C=O) groups is 1. The van der Waals surface area contributed by atoms with Crippen molar-refractivity contribution < 1.29 is 15.0 Å². The zero-order valence-corrected chi connectivity index (χ0v) is 10.5. The molecule has 0 fully saturated rings. The number of amides is 1. The molecule has 0 spiro atoms. The van der Waals surface area contributed by atoms with E-state index in [2.05, 4.69) is 5.32 Å². The van der Waals surface area contributed by atoms with Crippen LogP contribution in [0, 0.1) is 0 Å². The Hall–Kier alpha value is -2.33. The number of aromatic hydroxyl groups is 1. The van der Waals surface area contributed by atoms with E-state index in [1.54, 1.807) is 43.3 Å². The Morgan fingerprint density at radius 1 is 1.16 bits per heavy atom. The van der Waals surface area contributed by atoms with Gasteiger partial charge >= 0.3 is 0 Å². The van der Waals surface area contributed by atoms with Crippen molar-refractivity contribution in [3.8, 4) is 5.75 Å². The second-order valence-corrected chi connectivity index (χ2v) is 4.30. The zero-order chi connectivity index (χ0) is 13.8. The minimum absolute atomic E-state index is 0.118. The van der Waals surface area contributed by atoms with Crippen LogP contribution in [0.5, 0.6) is 5.75 Å². The van der Waals surface area contributed by atoms with Crippen LogP contribution in [-0.4, -0.2) is 16.1 Å². The summed E-state index contributed by atoms with van der Waals surface area (Å²) in [6.07, 6.45) is -0.578. The standard InChI is InChI=1S/C15H15NO3/c1-10(17)12-3-2-4-13(9-12)16-15(19)11-5-7-14(18)8-6-11/h2-10,17-18H,1H3,(H,16,19). The number of nitrogens with one attached hydrogen (secondary N) is 1. The number of benzene rings is 2. The van der Waals surface area contributed by atoms with Crippen LogP contribution in [0.15, 0.2) is 48.5 Å². The third-order valence-corrected chi connectivity index (χ3v) is 2.76. The van der Waals surface area contributed by atoms with Crippen molar-refractivity contribution in [2.45, 2.75) is 13.0 Å². The summed E-state index contributed by atoms with van der Waals surface area (Å²) >= 11 is 0. The Morgan fingerprint density at radius 2 is 1.84 bits per heavy atom. The molecule has 0 saturated carbocycles. The Bertz CT molecular complexity index is 576. The number of hydrogen-bond donors (Lipinski definition) is 3. The lowest BCUT2D eigenvalue weighted by Gasteiger charge is -2.09. The van der Waals surface area contributed by atoms with Gasteiger partial charge in [0.1, 0.15) is 5.75 Å². The highest BCUT2D eigenvalue weighted by atomic mass is 16.3. The summed E-state index contributed by atoms with van der Waals surface area (Å²) in [4.78, 5) is 12.0. The van der Waals surface area contributed by atoms with E-state index in [1.807, 2.05) is 0 Å². The predicted molar refractivity (Wildman–Crippen MR) is 73.1 cm³/mol. The average Bonchev–Trinajstić information content (AvgIpc) is 2.39. The highest BCUT2D eigenvalue weighted by molar-refractivity contribution is 6.04. The maximum Gasteiger partial charge on any atom is 0.255 e. The van der Waals surface area contributed by atoms with Gasteiger partial charge in [-0.2, -0.15) is 0 Å². The first kappa shape index (κ1) is 13.1. The van der Waals surface area contributed by atoms with Crippen LogP contribution < -0.4 is 5.32 Å². The van der Waals surface area contributed by atoms with Crippen LogP contribution in [0.1, 0.15) is 28.9 Å². The summed E-state index contributed by atoms with van der Waals surface area (Å²) in [5.41, 5.74) is 1.82. The van der Waals surface area contributed by atoms with Gasteiger partial charge in [0.2, 0.25) is 0 Å². The van der Waals surface area contributed by atoms with Gasteiger partial charge < -0.3 is 15.5 Å². The molecule has 0 aliphatic rings. The van der Waals surface area contributed by atoms with E-state index in [0.29, 0.717) is 11.3 Å². The second-order valence-electron chi connectivity index (χ2n) is 4.30. The fourth-order valence-corrected chi connectivity index (χ4v) is 1.69. The van der Waals surface area contributed by atoms with Crippen molar-refractivity contribution in [2.75, 3.05) is 5.32 Å². The van der Waals surface area contributed by atoms with Crippen molar-refractivity contribution in [1.82, 2.24) is 0 Å². The largest absolute Gasteiger partial charge is 0.508 e. The monoisotopic (exact) mass is 257 g/mol. The molecule has 0 heterocycles. The van der Waals surface area contributed by atoms with E-state index in [4.69, 9.17) is 5.11 Å². The number of phenols is 1. The molecular weight excluding hydrogens is 242 g/mol. The lowest BCUT2D eigenvalue weighted by molar-refractivity contribution is 0.102. The number of carbonyl (C=O) groups excluding carboxylic acids is 1. The van der Waals surface area contributed by atoms with Crippen molar-refractivity contribution in [1.29, 1.82) is 0 Å². The van der Waals surface area contributed by atoms with E-state index < -0.39 is 6.10 Å². The highest BCUT2D eigenvalue weighted by Gasteiger charge is 2.07. The van der Waals surface area contributed by atoms with Crippen LogP contribution in [-0.2, 0) is 0 Å². The van der Waals surface area contributed by atoms with Crippen LogP contribution in [0.3, 0.4) is 0 Å². The lowest BCUT2D eigenvalue weighted by Crippen LogP contribution is -2.11. The SMILES string of the molecule is CC(O)c1cccc(NC(=O)c2ccc(O)cc2)c1. The van der Waals surface area contributed by atoms with Crippen LogP contribution in [0.4, 0.5) is 5.69 Å². The van der Waals surface area contributed by atoms with Crippen LogP contribution >= 0.6 is 0 Å². The van der Waals surface area contributed by atoms with E-state index in [1.165, 1.54) is 12.1 Å². The molecule has 3 N–H and O–H groups in total. The fraction of sp³-hybridized carbons (Fsp3) is 0.133. The van der Waals surface area contributed by atoms with Gasteiger partial charge in [-0.05, 0) is 48.9 Å². The van der Waals surface area contributed by atoms with Crippen molar-refractivity contribution in [3.05, 3.63) is 59.7 Å². The molecule has 1 atom stereocenters. The summed E-state index contributed by atoms with van der Waals surface area (Å²) in [5, 5.41) is 21.4. The molecule has 0 aromatic heterocycles. The fourth-order valence-electron chi connectivity index (χ4n) is 1.69. The molecule has 4 nitrogen and oxygen atoms in total. The average molecular weight is 257 g/mol. The van der Waals surface area contributed by atoms with E-state index in [9.17, 15) is 9.90 Å². The van der Waals surface area contributed by atoms with Crippen LogP contribution in [0.25, 0.3) is 0 Å². The minimum atomic E-state index is -0.578. The lowest BCUT2D eigenvalue weighted by atomic mass is 10.1. The summed E-state index contributed by atoms with van der Waals surface area (Å²) in [6, 6.07) is 13.1. The molecule has 0 saturated heterocycles. The first-order valence-corrected chi connectivity index (χ1v) is 5.94. The Balaban J connectivity index is 2.14. The summed E-state index contributed by atoms with van der Waals surface area (Å²) < 4.78 is 0. The van der Waals surface area contributed by atoms with Gasteiger partial charge in [-0.3, -0.25) is 4.79 Å². The third kappa shape index (κ3) is 3.33. The number of aliphatic hydroxyl groups excluding tert-OH is 1. The quantitative estimate of drug-likeness (QED) is 0.791. The topological polar surface area (TPSA) is 69.6 Å². The number of rotatable bonds is 3. The van der Waals surface area contributed by atoms with Crippen molar-refractivity contribution in [3.63, 3.8) is 0 Å². The van der Waals surface area contributed by atoms with E-state index in [-0.39, 0.29) is 11.7 Å². The number of hydrogen-bond acceptors (Lipinski definition) is 3. The normalized spacial score (nSPS) is 11.9. The van der Waals surface area contributed by atoms with E-state index >= 15 is 0 Å². The highest BCUT2D eigenvalue weighted by Crippen LogP contribution is 2.18. The maximum atomic E-state index is 12.0. The van der Waals surface area contributed by atoms with E-state index in [0.717, 1.165) is 5.56 Å². The minimum Gasteiger partial charge on any atom is -0.508 e. The molecule has 19 heavy (non-hydrogen) atoms. The zero-order valence-electron chi connectivity index (χ0n) is 10.5. The van der Waals surface area contributed by atoms with Gasteiger partial charge in [0.15, 0.2) is 0 Å². The second kappa shape index (κ2) is 5.54. The maximum absolute atomic E-state index is 12.0. The van der Waals surface area contributed by atoms with Crippen LogP contribution in [0.2, 0.25) is 0 Å². The van der Waals surface area contributed by atoms with Gasteiger partial charge in [0, 0.05) is 11.3 Å². The molecule has 2 aromatic rings. The number of anilines is 1. The molecule has 0 aliphatic heterocycles. The smallest absolute Gasteiger partial charge is 0.255 e. The molecule has 0 aliphatic carbocycles. The molecule has 98 valence electrons. The summed E-state index contributed by atoms with van der Waals surface area (Å²) in [7, 11) is 0. The molecule has 1 unspecified atom stereocenters. The van der Waals surface area contributed by atoms with Gasteiger partial charge in [-0.15, -0.1) is 0 Å². The molecule has 4 heteroatoms. The third-order valence-electron chi connectivity index (χ3n) is 2.76. The summed E-state index contributed by atoms with van der Waals surface area (Å²) in [5.74, 6) is -0.143. The Labute approximate surface area is 111 Å². The van der Waals surface area contributed by atoms with Crippen molar-refractivity contribution >= 4 is 11.6 Å². The van der Waals surface area contributed by atoms with Gasteiger partial charge in [0.25, 0.3) is 5.91 Å². The molecule has 2 aromatic carbocycles. The number of phenolic OH excluding ortho intramolecular Hbond substituents is 1. The van der Waals surface area contributed by atoms with Crippen molar-refractivity contribution in [2.24, 2.45) is 0 Å². The first-order chi connectivity index (χ1) is 9.06. The summed E-state index contributed by atoms with van der Waals surface area (Å²) in [6.45, 7) is 1.67.